The highest BCUT2D eigenvalue weighted by Crippen LogP contribution is 2.27. The molecule has 0 radical (unpaired) electrons. The van der Waals surface area contributed by atoms with E-state index >= 15 is 0 Å². The zero-order valence-corrected chi connectivity index (χ0v) is 12.9. The van der Waals surface area contributed by atoms with Gasteiger partial charge in [0.1, 0.15) is 0 Å². The SMILES string of the molecule is O=C(CN1CCN(C(=O)c2cccs2)CC1)NCC1CC1. The van der Waals surface area contributed by atoms with Crippen LogP contribution in [0.15, 0.2) is 17.5 Å². The molecule has 1 saturated carbocycles. The van der Waals surface area contributed by atoms with E-state index in [9.17, 15) is 9.59 Å². The van der Waals surface area contributed by atoms with Crippen LogP contribution in [-0.2, 0) is 4.79 Å². The number of carbonyl (C=O) groups is 2. The number of nitrogens with zero attached hydrogens (tertiary/aromatic N) is 2. The third-order valence-corrected chi connectivity index (χ3v) is 4.90. The number of hydrogen-bond donors (Lipinski definition) is 1. The largest absolute Gasteiger partial charge is 0.355 e. The summed E-state index contributed by atoms with van der Waals surface area (Å²) in [5, 5.41) is 4.91. The molecule has 2 amide bonds. The average Bonchev–Trinajstić information content (AvgIpc) is 3.17. The predicted molar refractivity (Wildman–Crippen MR) is 82.4 cm³/mol. The zero-order chi connectivity index (χ0) is 14.7. The lowest BCUT2D eigenvalue weighted by molar-refractivity contribution is -0.122. The predicted octanol–water partition coefficient (Wildman–Crippen LogP) is 1.03. The van der Waals surface area contributed by atoms with Crippen molar-refractivity contribution in [2.75, 3.05) is 39.3 Å². The Bertz CT molecular complexity index is 491. The molecule has 6 heteroatoms. The third kappa shape index (κ3) is 4.04. The Morgan fingerprint density at radius 2 is 2.00 bits per heavy atom. The molecule has 1 N–H and O–H groups in total. The van der Waals surface area contributed by atoms with Crippen molar-refractivity contribution in [2.45, 2.75) is 12.8 Å². The summed E-state index contributed by atoms with van der Waals surface area (Å²) in [5.74, 6) is 0.942. The molecule has 1 aromatic heterocycles. The molecule has 0 aromatic carbocycles. The Morgan fingerprint density at radius 1 is 1.24 bits per heavy atom. The van der Waals surface area contributed by atoms with Gasteiger partial charge in [0, 0.05) is 32.7 Å². The fourth-order valence-electron chi connectivity index (χ4n) is 2.50. The molecule has 2 aliphatic rings. The molecule has 0 spiro atoms. The molecule has 114 valence electrons. The second-order valence-corrected chi connectivity index (χ2v) is 6.74. The molecule has 1 saturated heterocycles. The first kappa shape index (κ1) is 14.5. The number of piperazine rings is 1. The molecule has 1 aromatic rings. The van der Waals surface area contributed by atoms with Crippen LogP contribution in [0.3, 0.4) is 0 Å². The molecule has 5 nitrogen and oxygen atoms in total. The first-order chi connectivity index (χ1) is 10.2. The van der Waals surface area contributed by atoms with Crippen LogP contribution < -0.4 is 5.32 Å². The summed E-state index contributed by atoms with van der Waals surface area (Å²) in [4.78, 5) is 28.8. The smallest absolute Gasteiger partial charge is 0.264 e. The van der Waals surface area contributed by atoms with Gasteiger partial charge in [-0.15, -0.1) is 11.3 Å². The first-order valence-corrected chi connectivity index (χ1v) is 8.42. The number of amides is 2. The monoisotopic (exact) mass is 307 g/mol. The Labute approximate surface area is 128 Å². The van der Waals surface area contributed by atoms with Gasteiger partial charge in [-0.2, -0.15) is 0 Å². The summed E-state index contributed by atoms with van der Waals surface area (Å²) >= 11 is 1.48. The van der Waals surface area contributed by atoms with Gasteiger partial charge in [0.15, 0.2) is 0 Å². The van der Waals surface area contributed by atoms with Crippen molar-refractivity contribution in [1.82, 2.24) is 15.1 Å². The lowest BCUT2D eigenvalue weighted by Gasteiger charge is -2.34. The highest BCUT2D eigenvalue weighted by atomic mass is 32.1. The molecule has 0 unspecified atom stereocenters. The van der Waals surface area contributed by atoms with Crippen molar-refractivity contribution in [3.05, 3.63) is 22.4 Å². The van der Waals surface area contributed by atoms with E-state index in [1.165, 1.54) is 24.2 Å². The molecule has 3 rings (SSSR count). The third-order valence-electron chi connectivity index (χ3n) is 4.04. The zero-order valence-electron chi connectivity index (χ0n) is 12.1. The molecule has 1 aliphatic carbocycles. The topological polar surface area (TPSA) is 52.7 Å². The van der Waals surface area contributed by atoms with Crippen molar-refractivity contribution in [1.29, 1.82) is 0 Å². The van der Waals surface area contributed by atoms with E-state index in [-0.39, 0.29) is 11.8 Å². The molecule has 2 heterocycles. The van der Waals surface area contributed by atoms with Crippen LogP contribution in [0.1, 0.15) is 22.5 Å². The van der Waals surface area contributed by atoms with E-state index in [0.717, 1.165) is 24.5 Å². The molecule has 2 fully saturated rings. The molecule has 21 heavy (non-hydrogen) atoms. The number of thiophene rings is 1. The van der Waals surface area contributed by atoms with Gasteiger partial charge in [-0.25, -0.2) is 0 Å². The van der Waals surface area contributed by atoms with Crippen LogP contribution >= 0.6 is 11.3 Å². The van der Waals surface area contributed by atoms with E-state index in [0.29, 0.717) is 25.6 Å². The molecule has 0 atom stereocenters. The van der Waals surface area contributed by atoms with Gasteiger partial charge in [-0.1, -0.05) is 6.07 Å². The summed E-state index contributed by atoms with van der Waals surface area (Å²) in [6.45, 7) is 4.23. The van der Waals surface area contributed by atoms with Gasteiger partial charge >= 0.3 is 0 Å². The molecular weight excluding hydrogens is 286 g/mol. The number of rotatable bonds is 5. The minimum absolute atomic E-state index is 0.111. The summed E-state index contributed by atoms with van der Waals surface area (Å²) in [6, 6.07) is 3.77. The lowest BCUT2D eigenvalue weighted by Crippen LogP contribution is -2.51. The highest BCUT2D eigenvalue weighted by molar-refractivity contribution is 7.12. The van der Waals surface area contributed by atoms with Crippen LogP contribution in [0.4, 0.5) is 0 Å². The van der Waals surface area contributed by atoms with Crippen LogP contribution in [-0.4, -0.2) is 60.9 Å². The number of carbonyl (C=O) groups excluding carboxylic acids is 2. The minimum atomic E-state index is 0.111. The minimum Gasteiger partial charge on any atom is -0.355 e. The summed E-state index contributed by atoms with van der Waals surface area (Å²) in [6.07, 6.45) is 2.51. The Hall–Kier alpha value is -1.40. The quantitative estimate of drug-likeness (QED) is 0.884. The maximum atomic E-state index is 12.2. The highest BCUT2D eigenvalue weighted by Gasteiger charge is 2.25. The van der Waals surface area contributed by atoms with Crippen LogP contribution in [0.25, 0.3) is 0 Å². The summed E-state index contributed by atoms with van der Waals surface area (Å²) in [7, 11) is 0. The van der Waals surface area contributed by atoms with Crippen molar-refractivity contribution in [2.24, 2.45) is 5.92 Å². The summed E-state index contributed by atoms with van der Waals surface area (Å²) < 4.78 is 0. The van der Waals surface area contributed by atoms with Crippen molar-refractivity contribution in [3.63, 3.8) is 0 Å². The van der Waals surface area contributed by atoms with Crippen LogP contribution in [0.2, 0.25) is 0 Å². The fourth-order valence-corrected chi connectivity index (χ4v) is 3.20. The van der Waals surface area contributed by atoms with Gasteiger partial charge in [0.25, 0.3) is 5.91 Å². The standard InChI is InChI=1S/C15H21N3O2S/c19-14(16-10-12-3-4-12)11-17-5-7-18(8-6-17)15(20)13-2-1-9-21-13/h1-2,9,12H,3-8,10-11H2,(H,16,19). The van der Waals surface area contributed by atoms with Crippen LogP contribution in [0, 0.1) is 5.92 Å². The van der Waals surface area contributed by atoms with Crippen molar-refractivity contribution >= 4 is 23.2 Å². The lowest BCUT2D eigenvalue weighted by atomic mass is 10.3. The average molecular weight is 307 g/mol. The maximum Gasteiger partial charge on any atom is 0.264 e. The van der Waals surface area contributed by atoms with Gasteiger partial charge in [0.2, 0.25) is 5.91 Å². The molecule has 0 bridgehead atoms. The number of nitrogens with one attached hydrogen (secondary N) is 1. The van der Waals surface area contributed by atoms with Gasteiger partial charge in [-0.3, -0.25) is 14.5 Å². The first-order valence-electron chi connectivity index (χ1n) is 7.54. The van der Waals surface area contributed by atoms with E-state index in [1.54, 1.807) is 0 Å². The van der Waals surface area contributed by atoms with E-state index in [2.05, 4.69) is 10.2 Å². The Morgan fingerprint density at radius 3 is 2.62 bits per heavy atom. The second-order valence-electron chi connectivity index (χ2n) is 5.79. The van der Waals surface area contributed by atoms with Crippen LogP contribution in [0.5, 0.6) is 0 Å². The second kappa shape index (κ2) is 6.58. The van der Waals surface area contributed by atoms with E-state index < -0.39 is 0 Å². The normalized spacial score (nSPS) is 19.5. The van der Waals surface area contributed by atoms with Crippen molar-refractivity contribution in [3.8, 4) is 0 Å². The van der Waals surface area contributed by atoms with Crippen molar-refractivity contribution < 1.29 is 9.59 Å². The van der Waals surface area contributed by atoms with E-state index in [4.69, 9.17) is 0 Å². The van der Waals surface area contributed by atoms with E-state index in [1.807, 2.05) is 22.4 Å². The van der Waals surface area contributed by atoms with Gasteiger partial charge < -0.3 is 10.2 Å². The van der Waals surface area contributed by atoms with Gasteiger partial charge in [0.05, 0.1) is 11.4 Å². The molecular formula is C15H21N3O2S. The Balaban J connectivity index is 1.40. The number of hydrogen-bond acceptors (Lipinski definition) is 4. The molecule has 1 aliphatic heterocycles. The Kier molecular flexibility index (Phi) is 4.55. The van der Waals surface area contributed by atoms with Gasteiger partial charge in [-0.05, 0) is 30.2 Å². The maximum absolute atomic E-state index is 12.2. The fraction of sp³-hybridized carbons (Fsp3) is 0.600. The summed E-state index contributed by atoms with van der Waals surface area (Å²) in [5.41, 5.74) is 0.